The molecule has 10 nitrogen and oxygen atoms in total. The molecule has 2 N–H and O–H groups in total. The second-order valence-corrected chi connectivity index (χ2v) is 10.4. The van der Waals surface area contributed by atoms with Gasteiger partial charge in [0.15, 0.2) is 0 Å². The summed E-state index contributed by atoms with van der Waals surface area (Å²) in [5.74, 6) is 3.28. The van der Waals surface area contributed by atoms with Crippen LogP contribution in [0.4, 0.5) is 0 Å². The topological polar surface area (TPSA) is 127 Å². The lowest BCUT2D eigenvalue weighted by atomic mass is 9.83. The Hall–Kier alpha value is -2.93. The largest absolute Gasteiger partial charge is 0.437 e. The van der Waals surface area contributed by atoms with Gasteiger partial charge in [0, 0.05) is 6.04 Å². The summed E-state index contributed by atoms with van der Waals surface area (Å²) in [4.78, 5) is 52.7. The fourth-order valence-electron chi connectivity index (χ4n) is 4.30. The van der Waals surface area contributed by atoms with E-state index in [0.29, 0.717) is 38.3 Å². The zero-order valence-electron chi connectivity index (χ0n) is 21.1. The third kappa shape index (κ3) is 8.06. The summed E-state index contributed by atoms with van der Waals surface area (Å²) in [6.45, 7) is 4.81. The summed E-state index contributed by atoms with van der Waals surface area (Å²) in [7, 11) is 3.73. The van der Waals surface area contributed by atoms with E-state index in [1.807, 2.05) is 32.8 Å². The molecule has 35 heavy (non-hydrogen) atoms. The van der Waals surface area contributed by atoms with Gasteiger partial charge in [-0.05, 0) is 64.0 Å². The van der Waals surface area contributed by atoms with Gasteiger partial charge >= 0.3 is 5.76 Å². The Bertz CT molecular complexity index is 1030. The molecule has 0 aliphatic heterocycles. The van der Waals surface area contributed by atoms with Gasteiger partial charge in [-0.25, -0.2) is 4.79 Å². The molecule has 10 heteroatoms. The van der Waals surface area contributed by atoms with Gasteiger partial charge in [0.2, 0.25) is 11.7 Å². The minimum atomic E-state index is -0.868. The predicted octanol–water partition coefficient (Wildman–Crippen LogP) is 1.20. The lowest BCUT2D eigenvalue weighted by molar-refractivity contribution is -0.128. The Morgan fingerprint density at radius 3 is 2.54 bits per heavy atom. The van der Waals surface area contributed by atoms with E-state index in [1.54, 1.807) is 0 Å². The fraction of sp³-hybridized carbons (Fsp3) is 0.720. The molecule has 2 aliphatic rings. The van der Waals surface area contributed by atoms with Gasteiger partial charge < -0.3 is 15.1 Å². The molecule has 2 saturated carbocycles. The van der Waals surface area contributed by atoms with E-state index in [4.69, 9.17) is 4.42 Å². The minimum absolute atomic E-state index is 0.110. The van der Waals surface area contributed by atoms with Crippen LogP contribution in [0.1, 0.15) is 69.5 Å². The summed E-state index contributed by atoms with van der Waals surface area (Å²) < 4.78 is 6.34. The lowest BCUT2D eigenvalue weighted by Gasteiger charge is -2.32. The molecular weight excluding hydrogens is 450 g/mol. The monoisotopic (exact) mass is 487 g/mol. The van der Waals surface area contributed by atoms with Crippen LogP contribution in [0.25, 0.3) is 0 Å². The Morgan fingerprint density at radius 2 is 1.89 bits per heavy atom. The van der Waals surface area contributed by atoms with Crippen molar-refractivity contribution >= 4 is 17.6 Å². The van der Waals surface area contributed by atoms with Crippen LogP contribution >= 0.6 is 0 Å². The first-order chi connectivity index (χ1) is 16.6. The predicted molar refractivity (Wildman–Crippen MR) is 129 cm³/mol. The Balaban J connectivity index is 1.68. The average molecular weight is 488 g/mol. The van der Waals surface area contributed by atoms with Crippen LogP contribution in [-0.4, -0.2) is 65.0 Å². The second-order valence-electron chi connectivity index (χ2n) is 10.4. The Kier molecular flexibility index (Phi) is 9.26. The van der Waals surface area contributed by atoms with Crippen molar-refractivity contribution in [2.75, 3.05) is 20.6 Å². The summed E-state index contributed by atoms with van der Waals surface area (Å²) >= 11 is 0. The molecule has 0 saturated heterocycles. The molecule has 192 valence electrons. The van der Waals surface area contributed by atoms with E-state index >= 15 is 0 Å². The number of aromatic nitrogens is 2. The van der Waals surface area contributed by atoms with Crippen molar-refractivity contribution in [3.8, 4) is 11.8 Å². The van der Waals surface area contributed by atoms with Crippen molar-refractivity contribution < 1.29 is 18.8 Å². The number of hydrogen-bond acceptors (Lipinski definition) is 7. The van der Waals surface area contributed by atoms with Gasteiger partial charge in [-0.15, -0.1) is 5.10 Å². The Labute approximate surface area is 206 Å². The highest BCUT2D eigenvalue weighted by Crippen LogP contribution is 2.30. The molecule has 2 fully saturated rings. The molecule has 0 radical (unpaired) electrons. The van der Waals surface area contributed by atoms with Crippen molar-refractivity contribution in [3.63, 3.8) is 0 Å². The van der Waals surface area contributed by atoms with Crippen LogP contribution in [0.15, 0.2) is 9.21 Å². The van der Waals surface area contributed by atoms with Gasteiger partial charge in [0.05, 0.1) is 25.0 Å². The van der Waals surface area contributed by atoms with Crippen LogP contribution < -0.4 is 16.4 Å². The lowest BCUT2D eigenvalue weighted by Crippen LogP contribution is -2.51. The molecule has 1 unspecified atom stereocenters. The van der Waals surface area contributed by atoms with E-state index < -0.39 is 29.4 Å². The summed E-state index contributed by atoms with van der Waals surface area (Å²) in [6.07, 6.45) is 5.49. The molecule has 2 aliphatic carbocycles. The first-order valence-corrected chi connectivity index (χ1v) is 12.5. The number of amides is 2. The molecule has 3 atom stereocenters. The maximum absolute atomic E-state index is 13.3. The number of nitrogens with zero attached hydrogens (tertiary/aromatic N) is 3. The zero-order chi connectivity index (χ0) is 25.5. The number of hydrogen-bond donors (Lipinski definition) is 2. The number of Topliss-reactive ketones (excluding diaryl/α,β-unsaturated/α-hetero) is 1. The highest BCUT2D eigenvalue weighted by atomic mass is 16.4. The van der Waals surface area contributed by atoms with E-state index in [-0.39, 0.29) is 23.8 Å². The van der Waals surface area contributed by atoms with Gasteiger partial charge in [-0.1, -0.05) is 32.6 Å². The van der Waals surface area contributed by atoms with Crippen molar-refractivity contribution in [3.05, 3.63) is 16.4 Å². The van der Waals surface area contributed by atoms with Gasteiger partial charge in [0.1, 0.15) is 0 Å². The highest BCUT2D eigenvalue weighted by Gasteiger charge is 2.35. The first kappa shape index (κ1) is 26.7. The quantitative estimate of drug-likeness (QED) is 0.375. The molecule has 0 spiro atoms. The Morgan fingerprint density at radius 1 is 1.17 bits per heavy atom. The molecular formula is C25H37N5O5. The van der Waals surface area contributed by atoms with E-state index in [0.717, 1.165) is 25.7 Å². The van der Waals surface area contributed by atoms with Crippen LogP contribution in [-0.2, 0) is 16.1 Å². The highest BCUT2D eigenvalue weighted by molar-refractivity contribution is 5.99. The van der Waals surface area contributed by atoms with Gasteiger partial charge in [0.25, 0.3) is 11.8 Å². The van der Waals surface area contributed by atoms with Crippen LogP contribution in [0.3, 0.4) is 0 Å². The summed E-state index contributed by atoms with van der Waals surface area (Å²) in [5.41, 5.74) is 0. The maximum Gasteiger partial charge on any atom is 0.437 e. The normalized spacial score (nSPS) is 20.7. The molecule has 0 bridgehead atoms. The number of nitrogens with one attached hydrogen (secondary N) is 2. The SMILES string of the molecule is CC(C)CC(NC(=O)[C@@H]1CCCC[C@@H]1NC(=O)C#CCN(C)C)C(=O)c1nn(CC2CC2)c(=O)o1. The zero-order valence-corrected chi connectivity index (χ0v) is 21.1. The number of carbonyl (C=O) groups excluding carboxylic acids is 3. The number of carbonyl (C=O) groups is 3. The molecule has 1 heterocycles. The fourth-order valence-corrected chi connectivity index (χ4v) is 4.30. The van der Waals surface area contributed by atoms with Crippen LogP contribution in [0, 0.1) is 29.6 Å². The standard InChI is InChI=1S/C25H37N5O5/c1-16(2)14-20(22(32)24-28-30(25(34)35-24)15-17-11-12-17)27-23(33)18-8-5-6-9-19(18)26-21(31)10-7-13-29(3)4/h16-20H,5-6,8-9,11-15H2,1-4H3,(H,26,31)(H,27,33)/t18-,19+,20?/m1/s1. The van der Waals surface area contributed by atoms with E-state index in [2.05, 4.69) is 27.6 Å². The van der Waals surface area contributed by atoms with Crippen molar-refractivity contribution in [1.82, 2.24) is 25.3 Å². The molecule has 1 aromatic heterocycles. The third-order valence-corrected chi connectivity index (χ3v) is 6.30. The number of ketones is 1. The van der Waals surface area contributed by atoms with Crippen molar-refractivity contribution in [2.45, 2.75) is 77.4 Å². The van der Waals surface area contributed by atoms with Crippen LogP contribution in [0.5, 0.6) is 0 Å². The molecule has 2 amide bonds. The van der Waals surface area contributed by atoms with Crippen LogP contribution in [0.2, 0.25) is 0 Å². The van der Waals surface area contributed by atoms with Gasteiger partial charge in [-0.2, -0.15) is 4.68 Å². The third-order valence-electron chi connectivity index (χ3n) is 6.30. The minimum Gasteiger partial charge on any atom is -0.384 e. The van der Waals surface area contributed by atoms with E-state index in [9.17, 15) is 19.2 Å². The summed E-state index contributed by atoms with van der Waals surface area (Å²) in [6, 6.07) is -1.22. The second kappa shape index (κ2) is 12.2. The van der Waals surface area contributed by atoms with Crippen molar-refractivity contribution in [2.24, 2.45) is 17.8 Å². The van der Waals surface area contributed by atoms with Crippen molar-refractivity contribution in [1.29, 1.82) is 0 Å². The number of rotatable bonds is 10. The molecule has 3 rings (SSSR count). The van der Waals surface area contributed by atoms with Gasteiger partial charge in [-0.3, -0.25) is 19.3 Å². The van der Waals surface area contributed by atoms with E-state index in [1.165, 1.54) is 4.68 Å². The maximum atomic E-state index is 13.3. The first-order valence-electron chi connectivity index (χ1n) is 12.5. The summed E-state index contributed by atoms with van der Waals surface area (Å²) in [5, 5.41) is 9.84. The average Bonchev–Trinajstić information content (AvgIpc) is 3.53. The molecule has 1 aromatic rings. The molecule has 0 aromatic carbocycles. The smallest absolute Gasteiger partial charge is 0.384 e.